The minimum Gasteiger partial charge on any atom is -0.382 e. The normalized spacial score (nSPS) is 12.0. The molecule has 0 aliphatic heterocycles. The lowest BCUT2D eigenvalue weighted by Gasteiger charge is -2.15. The zero-order chi connectivity index (χ0) is 17.6. The van der Waals surface area contributed by atoms with Gasteiger partial charge >= 0.3 is 0 Å². The van der Waals surface area contributed by atoms with Gasteiger partial charge in [0.1, 0.15) is 16.8 Å². The van der Waals surface area contributed by atoms with Crippen molar-refractivity contribution in [1.29, 1.82) is 0 Å². The summed E-state index contributed by atoms with van der Waals surface area (Å²) in [6.07, 6.45) is 2.80. The van der Waals surface area contributed by atoms with Gasteiger partial charge in [-0.05, 0) is 20.8 Å². The van der Waals surface area contributed by atoms with Crippen LogP contribution in [0.3, 0.4) is 0 Å². The van der Waals surface area contributed by atoms with Crippen molar-refractivity contribution in [2.45, 2.75) is 26.4 Å². The van der Waals surface area contributed by atoms with Crippen LogP contribution >= 0.6 is 23.2 Å². The lowest BCUT2D eigenvalue weighted by atomic mass is 10.1. The second-order valence-electron chi connectivity index (χ2n) is 5.87. The van der Waals surface area contributed by atoms with Crippen LogP contribution in [0.2, 0.25) is 10.0 Å². The summed E-state index contributed by atoms with van der Waals surface area (Å²) in [6, 6.07) is 1.25. The second-order valence-corrected chi connectivity index (χ2v) is 6.62. The molecule has 0 amide bonds. The molecule has 3 rings (SSSR count). The topological polar surface area (TPSA) is 71.8 Å². The Morgan fingerprint density at radius 3 is 2.29 bits per heavy atom. The number of nitrogens with zero attached hydrogens (tertiary/aromatic N) is 4. The standard InChI is InChI=1S/C16H13Cl2FN4O/c1-7-11(17)12(18)14-10(22-7)4-9(19)13(23-14)8-5-20-15(21-6-8)16(2,3)24/h4-6,24H,1-3H3. The zero-order valence-corrected chi connectivity index (χ0v) is 14.6. The van der Waals surface area contributed by atoms with E-state index in [1.165, 1.54) is 18.5 Å². The summed E-state index contributed by atoms with van der Waals surface area (Å²) in [4.78, 5) is 16.6. The van der Waals surface area contributed by atoms with Crippen molar-refractivity contribution in [2.24, 2.45) is 0 Å². The van der Waals surface area contributed by atoms with E-state index < -0.39 is 11.4 Å². The minimum absolute atomic E-state index is 0.0356. The van der Waals surface area contributed by atoms with Crippen molar-refractivity contribution in [3.63, 3.8) is 0 Å². The van der Waals surface area contributed by atoms with Crippen molar-refractivity contribution in [3.05, 3.63) is 45.8 Å². The van der Waals surface area contributed by atoms with Crippen molar-refractivity contribution >= 4 is 34.2 Å². The van der Waals surface area contributed by atoms with Crippen LogP contribution in [0.4, 0.5) is 4.39 Å². The van der Waals surface area contributed by atoms with Crippen molar-refractivity contribution < 1.29 is 9.50 Å². The predicted octanol–water partition coefficient (Wildman–Crippen LogP) is 4.07. The van der Waals surface area contributed by atoms with E-state index >= 15 is 0 Å². The van der Waals surface area contributed by atoms with Crippen LogP contribution in [0.15, 0.2) is 18.5 Å². The van der Waals surface area contributed by atoms with Crippen LogP contribution in [-0.2, 0) is 5.60 Å². The SMILES string of the molecule is Cc1nc2cc(F)c(-c3cnc(C(C)(C)O)nc3)nc2c(Cl)c1Cl. The Morgan fingerprint density at radius 2 is 1.71 bits per heavy atom. The Balaban J connectivity index is 2.18. The van der Waals surface area contributed by atoms with E-state index in [1.54, 1.807) is 20.8 Å². The van der Waals surface area contributed by atoms with Crippen molar-refractivity contribution in [2.75, 3.05) is 0 Å². The molecule has 0 saturated heterocycles. The maximum Gasteiger partial charge on any atom is 0.159 e. The van der Waals surface area contributed by atoms with Crippen LogP contribution in [0.1, 0.15) is 25.4 Å². The van der Waals surface area contributed by atoms with Gasteiger partial charge in [0, 0.05) is 24.0 Å². The van der Waals surface area contributed by atoms with E-state index in [1.807, 2.05) is 0 Å². The van der Waals surface area contributed by atoms with Crippen LogP contribution < -0.4 is 0 Å². The predicted molar refractivity (Wildman–Crippen MR) is 90.5 cm³/mol. The Kier molecular flexibility index (Phi) is 4.15. The van der Waals surface area contributed by atoms with E-state index in [0.29, 0.717) is 22.3 Å². The fourth-order valence-corrected chi connectivity index (χ4v) is 2.59. The number of hydrogen-bond acceptors (Lipinski definition) is 5. The summed E-state index contributed by atoms with van der Waals surface area (Å²) in [6.45, 7) is 4.81. The maximum absolute atomic E-state index is 14.4. The lowest BCUT2D eigenvalue weighted by molar-refractivity contribution is 0.0687. The summed E-state index contributed by atoms with van der Waals surface area (Å²) in [5, 5.41) is 10.4. The fraction of sp³-hybridized carbons (Fsp3) is 0.250. The number of aromatic nitrogens is 4. The van der Waals surface area contributed by atoms with E-state index in [9.17, 15) is 9.50 Å². The molecule has 124 valence electrons. The average Bonchev–Trinajstić information content (AvgIpc) is 2.52. The third-order valence-electron chi connectivity index (χ3n) is 3.43. The number of fused-ring (bicyclic) bond motifs is 1. The number of aryl methyl sites for hydroxylation is 1. The highest BCUT2D eigenvalue weighted by atomic mass is 35.5. The maximum atomic E-state index is 14.4. The van der Waals surface area contributed by atoms with E-state index in [-0.39, 0.29) is 21.6 Å². The zero-order valence-electron chi connectivity index (χ0n) is 13.1. The molecule has 24 heavy (non-hydrogen) atoms. The van der Waals surface area contributed by atoms with Gasteiger partial charge in [0.25, 0.3) is 0 Å². The molecule has 3 aromatic heterocycles. The van der Waals surface area contributed by atoms with Gasteiger partial charge in [-0.2, -0.15) is 0 Å². The third kappa shape index (κ3) is 2.92. The molecule has 0 unspecified atom stereocenters. The molecule has 0 aromatic carbocycles. The molecule has 3 heterocycles. The Labute approximate surface area is 147 Å². The Hall–Kier alpha value is -1.89. The molecule has 0 bridgehead atoms. The largest absolute Gasteiger partial charge is 0.382 e. The molecule has 3 aromatic rings. The molecular weight excluding hydrogens is 354 g/mol. The molecule has 0 aliphatic carbocycles. The number of rotatable bonds is 2. The highest BCUT2D eigenvalue weighted by molar-refractivity contribution is 6.45. The van der Waals surface area contributed by atoms with E-state index in [0.717, 1.165) is 0 Å². The van der Waals surface area contributed by atoms with Crippen LogP contribution in [0.25, 0.3) is 22.3 Å². The Bertz CT molecular complexity index is 940. The highest BCUT2D eigenvalue weighted by Crippen LogP contribution is 2.33. The summed E-state index contributed by atoms with van der Waals surface area (Å²) in [5.74, 6) is -0.349. The first kappa shape index (κ1) is 17.0. The number of hydrogen-bond donors (Lipinski definition) is 1. The smallest absolute Gasteiger partial charge is 0.159 e. The number of pyridine rings is 2. The average molecular weight is 367 g/mol. The number of halogens is 3. The quantitative estimate of drug-likeness (QED) is 0.739. The van der Waals surface area contributed by atoms with Gasteiger partial charge < -0.3 is 5.11 Å². The molecule has 0 saturated carbocycles. The van der Waals surface area contributed by atoms with E-state index in [4.69, 9.17) is 23.2 Å². The molecular formula is C16H13Cl2FN4O. The van der Waals surface area contributed by atoms with Crippen molar-refractivity contribution in [1.82, 2.24) is 19.9 Å². The molecule has 0 spiro atoms. The van der Waals surface area contributed by atoms with Gasteiger partial charge in [-0.3, -0.25) is 0 Å². The first-order chi connectivity index (χ1) is 11.2. The van der Waals surface area contributed by atoms with Gasteiger partial charge in [0.2, 0.25) is 0 Å². The monoisotopic (exact) mass is 366 g/mol. The van der Waals surface area contributed by atoms with Gasteiger partial charge in [-0.1, -0.05) is 23.2 Å². The highest BCUT2D eigenvalue weighted by Gasteiger charge is 2.20. The number of aliphatic hydroxyl groups is 1. The summed E-state index contributed by atoms with van der Waals surface area (Å²) < 4.78 is 14.4. The fourth-order valence-electron chi connectivity index (χ4n) is 2.19. The van der Waals surface area contributed by atoms with Crippen LogP contribution in [-0.4, -0.2) is 25.0 Å². The summed E-state index contributed by atoms with van der Waals surface area (Å²) in [7, 11) is 0. The van der Waals surface area contributed by atoms with E-state index in [2.05, 4.69) is 19.9 Å². The molecule has 0 fully saturated rings. The summed E-state index contributed by atoms with van der Waals surface area (Å²) >= 11 is 12.3. The van der Waals surface area contributed by atoms with Crippen molar-refractivity contribution in [3.8, 4) is 11.3 Å². The van der Waals surface area contributed by atoms with Gasteiger partial charge in [-0.25, -0.2) is 24.3 Å². The van der Waals surface area contributed by atoms with Crippen LogP contribution in [0, 0.1) is 12.7 Å². The minimum atomic E-state index is -1.19. The third-order valence-corrected chi connectivity index (χ3v) is 4.36. The molecule has 0 aliphatic rings. The first-order valence-electron chi connectivity index (χ1n) is 7.05. The Morgan fingerprint density at radius 1 is 1.08 bits per heavy atom. The first-order valence-corrected chi connectivity index (χ1v) is 7.81. The molecule has 1 N–H and O–H groups in total. The lowest BCUT2D eigenvalue weighted by Crippen LogP contribution is -2.19. The second kappa shape index (κ2) is 5.88. The van der Waals surface area contributed by atoms with Gasteiger partial charge in [-0.15, -0.1) is 0 Å². The molecule has 8 heteroatoms. The molecule has 5 nitrogen and oxygen atoms in total. The van der Waals surface area contributed by atoms with Crippen LogP contribution in [0.5, 0.6) is 0 Å². The summed E-state index contributed by atoms with van der Waals surface area (Å²) in [5.41, 5.74) is 0.323. The molecule has 0 radical (unpaired) electrons. The molecule has 0 atom stereocenters. The van der Waals surface area contributed by atoms with Gasteiger partial charge in [0.15, 0.2) is 11.6 Å². The van der Waals surface area contributed by atoms with Gasteiger partial charge in [0.05, 0.1) is 21.3 Å².